The number of sulfonamides is 1. The molecule has 3 rings (SSSR count). The van der Waals surface area contributed by atoms with Crippen LogP contribution in [0.3, 0.4) is 0 Å². The standard InChI is InChI=1S/C21H20ClN3O3S/c1-15-7-8-17(24-21(23)14-22)13-20(15)29(26,27)25-16-9-11-19(12-10-16)28-18-5-3-2-4-6-18/h2-13,25H,14H2,1H3,(H2,23,24). The van der Waals surface area contributed by atoms with Crippen molar-refractivity contribution in [1.29, 1.82) is 0 Å². The molecule has 0 atom stereocenters. The van der Waals surface area contributed by atoms with E-state index < -0.39 is 10.0 Å². The van der Waals surface area contributed by atoms with E-state index in [1.807, 2.05) is 30.3 Å². The fourth-order valence-corrected chi connectivity index (χ4v) is 3.95. The molecule has 0 saturated carbocycles. The van der Waals surface area contributed by atoms with Crippen molar-refractivity contribution in [2.75, 3.05) is 10.6 Å². The number of anilines is 1. The van der Waals surface area contributed by atoms with Gasteiger partial charge in [0.25, 0.3) is 10.0 Å². The van der Waals surface area contributed by atoms with Crippen LogP contribution in [0.2, 0.25) is 0 Å². The highest BCUT2D eigenvalue weighted by atomic mass is 35.5. The van der Waals surface area contributed by atoms with E-state index in [-0.39, 0.29) is 16.6 Å². The number of alkyl halides is 1. The molecular formula is C21H20ClN3O3S. The van der Waals surface area contributed by atoms with Crippen LogP contribution in [0, 0.1) is 6.92 Å². The summed E-state index contributed by atoms with van der Waals surface area (Å²) in [5.74, 6) is 1.57. The molecular weight excluding hydrogens is 410 g/mol. The van der Waals surface area contributed by atoms with Crippen LogP contribution in [0.15, 0.2) is 82.7 Å². The van der Waals surface area contributed by atoms with Gasteiger partial charge in [-0.3, -0.25) is 4.72 Å². The zero-order valence-corrected chi connectivity index (χ0v) is 17.2. The van der Waals surface area contributed by atoms with E-state index in [1.165, 1.54) is 6.07 Å². The maximum absolute atomic E-state index is 12.9. The minimum atomic E-state index is -3.81. The molecule has 8 heteroatoms. The minimum absolute atomic E-state index is 0.0611. The van der Waals surface area contributed by atoms with Gasteiger partial charge in [0.2, 0.25) is 0 Å². The van der Waals surface area contributed by atoms with Crippen molar-refractivity contribution >= 4 is 38.8 Å². The van der Waals surface area contributed by atoms with Crippen LogP contribution < -0.4 is 15.2 Å². The van der Waals surface area contributed by atoms with Gasteiger partial charge in [0.1, 0.15) is 17.3 Å². The topological polar surface area (TPSA) is 93.8 Å². The van der Waals surface area contributed by atoms with Crippen LogP contribution in [0.5, 0.6) is 11.5 Å². The first-order chi connectivity index (χ1) is 13.9. The summed E-state index contributed by atoms with van der Waals surface area (Å²) in [6, 6.07) is 20.8. The Hall–Kier alpha value is -3.03. The van der Waals surface area contributed by atoms with E-state index in [4.69, 9.17) is 22.1 Å². The molecule has 150 valence electrons. The number of aliphatic imine (C=N–C) groups is 1. The Labute approximate surface area is 175 Å². The smallest absolute Gasteiger partial charge is 0.262 e. The van der Waals surface area contributed by atoms with Crippen LogP contribution in [-0.2, 0) is 10.0 Å². The van der Waals surface area contributed by atoms with E-state index in [9.17, 15) is 8.42 Å². The normalized spacial score (nSPS) is 11.9. The van der Waals surface area contributed by atoms with Gasteiger partial charge in [-0.1, -0.05) is 24.3 Å². The first-order valence-corrected chi connectivity index (χ1v) is 10.7. The Morgan fingerprint density at radius 2 is 1.69 bits per heavy atom. The molecule has 0 aliphatic heterocycles. The molecule has 0 heterocycles. The second kappa shape index (κ2) is 8.98. The van der Waals surface area contributed by atoms with E-state index in [2.05, 4.69) is 9.71 Å². The first-order valence-electron chi connectivity index (χ1n) is 8.73. The van der Waals surface area contributed by atoms with Crippen LogP contribution >= 0.6 is 11.6 Å². The summed E-state index contributed by atoms with van der Waals surface area (Å²) in [6.45, 7) is 1.71. The van der Waals surface area contributed by atoms with Crippen LogP contribution in [0.1, 0.15) is 5.56 Å². The molecule has 0 saturated heterocycles. The van der Waals surface area contributed by atoms with Crippen molar-refractivity contribution in [2.45, 2.75) is 11.8 Å². The van der Waals surface area contributed by atoms with Gasteiger partial charge in [0.05, 0.1) is 16.5 Å². The monoisotopic (exact) mass is 429 g/mol. The van der Waals surface area contributed by atoms with Gasteiger partial charge in [-0.05, 0) is 61.0 Å². The van der Waals surface area contributed by atoms with Crippen molar-refractivity contribution in [2.24, 2.45) is 10.7 Å². The summed E-state index contributed by atoms with van der Waals surface area (Å²) in [5, 5.41) is 0. The van der Waals surface area contributed by atoms with Gasteiger partial charge < -0.3 is 10.5 Å². The number of halogens is 1. The number of nitrogens with zero attached hydrogens (tertiary/aromatic N) is 1. The predicted molar refractivity (Wildman–Crippen MR) is 117 cm³/mol. The summed E-state index contributed by atoms with van der Waals surface area (Å²) in [7, 11) is -3.81. The highest BCUT2D eigenvalue weighted by molar-refractivity contribution is 7.92. The summed E-state index contributed by atoms with van der Waals surface area (Å²) in [4.78, 5) is 4.22. The SMILES string of the molecule is Cc1ccc(N=C(N)CCl)cc1S(=O)(=O)Nc1ccc(Oc2ccccc2)cc1. The zero-order valence-electron chi connectivity index (χ0n) is 15.7. The largest absolute Gasteiger partial charge is 0.457 e. The molecule has 0 radical (unpaired) electrons. The first kappa shape index (κ1) is 20.7. The van der Waals surface area contributed by atoms with E-state index >= 15 is 0 Å². The lowest BCUT2D eigenvalue weighted by molar-refractivity contribution is 0.483. The quantitative estimate of drug-likeness (QED) is 0.320. The molecule has 3 aromatic carbocycles. The second-order valence-corrected chi connectivity index (χ2v) is 8.15. The lowest BCUT2D eigenvalue weighted by Gasteiger charge is -2.12. The predicted octanol–water partition coefficient (Wildman–Crippen LogP) is 4.82. The molecule has 0 aromatic heterocycles. The van der Waals surface area contributed by atoms with Crippen molar-refractivity contribution in [3.05, 3.63) is 78.4 Å². The van der Waals surface area contributed by atoms with E-state index in [0.717, 1.165) is 0 Å². The number of hydrogen-bond acceptors (Lipinski definition) is 4. The van der Waals surface area contributed by atoms with Crippen LogP contribution in [0.4, 0.5) is 11.4 Å². The average Bonchev–Trinajstić information content (AvgIpc) is 2.71. The molecule has 0 spiro atoms. The number of benzene rings is 3. The second-order valence-electron chi connectivity index (χ2n) is 6.23. The third-order valence-electron chi connectivity index (χ3n) is 3.96. The molecule has 3 aromatic rings. The number of ether oxygens (including phenoxy) is 1. The van der Waals surface area contributed by atoms with Crippen molar-refractivity contribution < 1.29 is 13.2 Å². The average molecular weight is 430 g/mol. The minimum Gasteiger partial charge on any atom is -0.457 e. The molecule has 29 heavy (non-hydrogen) atoms. The van der Waals surface area contributed by atoms with Gasteiger partial charge in [-0.25, -0.2) is 13.4 Å². The third-order valence-corrected chi connectivity index (χ3v) is 5.75. The zero-order chi connectivity index (χ0) is 20.9. The van der Waals surface area contributed by atoms with Crippen molar-refractivity contribution in [3.63, 3.8) is 0 Å². The molecule has 0 fully saturated rings. The number of amidine groups is 1. The maximum atomic E-state index is 12.9. The summed E-state index contributed by atoms with van der Waals surface area (Å²) >= 11 is 5.64. The van der Waals surface area contributed by atoms with Crippen molar-refractivity contribution in [3.8, 4) is 11.5 Å². The highest BCUT2D eigenvalue weighted by Crippen LogP contribution is 2.26. The molecule has 0 bridgehead atoms. The van der Waals surface area contributed by atoms with Crippen LogP contribution in [-0.4, -0.2) is 20.1 Å². The molecule has 0 aliphatic rings. The number of rotatable bonds is 7. The Morgan fingerprint density at radius 3 is 2.34 bits per heavy atom. The van der Waals surface area contributed by atoms with E-state index in [0.29, 0.717) is 28.4 Å². The number of nitrogens with two attached hydrogens (primary N) is 1. The van der Waals surface area contributed by atoms with Gasteiger partial charge in [-0.15, -0.1) is 11.6 Å². The Kier molecular flexibility index (Phi) is 6.41. The molecule has 0 unspecified atom stereocenters. The summed E-state index contributed by atoms with van der Waals surface area (Å²) in [5.41, 5.74) is 7.06. The lowest BCUT2D eigenvalue weighted by Crippen LogP contribution is -2.15. The Morgan fingerprint density at radius 1 is 1.03 bits per heavy atom. The lowest BCUT2D eigenvalue weighted by atomic mass is 10.2. The molecule has 0 aliphatic carbocycles. The summed E-state index contributed by atoms with van der Waals surface area (Å²) in [6.07, 6.45) is 0. The molecule has 3 N–H and O–H groups in total. The number of para-hydroxylation sites is 1. The Balaban J connectivity index is 1.79. The fourth-order valence-electron chi connectivity index (χ4n) is 2.57. The third kappa shape index (κ3) is 5.49. The van der Waals surface area contributed by atoms with Gasteiger partial charge >= 0.3 is 0 Å². The highest BCUT2D eigenvalue weighted by Gasteiger charge is 2.18. The van der Waals surface area contributed by atoms with Gasteiger partial charge in [0, 0.05) is 5.69 Å². The number of hydrogen-bond donors (Lipinski definition) is 2. The number of nitrogens with one attached hydrogen (secondary N) is 1. The van der Waals surface area contributed by atoms with E-state index in [1.54, 1.807) is 43.3 Å². The fraction of sp³-hybridized carbons (Fsp3) is 0.0952. The Bertz CT molecular complexity index is 1120. The maximum Gasteiger partial charge on any atom is 0.262 e. The van der Waals surface area contributed by atoms with Crippen molar-refractivity contribution in [1.82, 2.24) is 0 Å². The molecule has 6 nitrogen and oxygen atoms in total. The summed E-state index contributed by atoms with van der Waals surface area (Å²) < 4.78 is 34.0. The number of aryl methyl sites for hydroxylation is 1. The molecule has 0 amide bonds. The van der Waals surface area contributed by atoms with Gasteiger partial charge in [-0.2, -0.15) is 0 Å². The van der Waals surface area contributed by atoms with Gasteiger partial charge in [0.15, 0.2) is 0 Å². The van der Waals surface area contributed by atoms with Crippen LogP contribution in [0.25, 0.3) is 0 Å².